The summed E-state index contributed by atoms with van der Waals surface area (Å²) in [6.45, 7) is 0.413. The molecule has 0 fully saturated rings. The molecule has 2 N–H and O–H groups in total. The number of H-pyrrole nitrogens is 1. The lowest BCUT2D eigenvalue weighted by Gasteiger charge is -2.07. The monoisotopic (exact) mass is 347 g/mol. The Morgan fingerprint density at radius 2 is 2.15 bits per heavy atom. The maximum absolute atomic E-state index is 12.5. The number of ether oxygens (including phenoxy) is 1. The highest BCUT2D eigenvalue weighted by molar-refractivity contribution is 5.93. The standard InChI is InChI=1S/C19H17N5O2/c1-26-16-4-2-3-13(7-16)9-21-19(25)17-12-20-18-8-14(5-6-24(17)18)15-10-22-23-11-15/h2-8,10-12H,9H2,1H3,(H,21,25)(H,22,23). The third-order valence-corrected chi connectivity index (χ3v) is 4.16. The number of rotatable bonds is 5. The second-order valence-corrected chi connectivity index (χ2v) is 5.81. The molecule has 0 spiro atoms. The lowest BCUT2D eigenvalue weighted by Crippen LogP contribution is -2.24. The molecule has 26 heavy (non-hydrogen) atoms. The number of nitrogens with one attached hydrogen (secondary N) is 2. The Morgan fingerprint density at radius 1 is 1.23 bits per heavy atom. The van der Waals surface area contributed by atoms with Crippen molar-refractivity contribution in [3.63, 3.8) is 0 Å². The minimum atomic E-state index is -0.184. The summed E-state index contributed by atoms with van der Waals surface area (Å²) in [5, 5.41) is 9.66. The Bertz CT molecular complexity index is 1050. The van der Waals surface area contributed by atoms with Crippen molar-refractivity contribution in [2.45, 2.75) is 6.54 Å². The van der Waals surface area contributed by atoms with Gasteiger partial charge in [0.2, 0.25) is 0 Å². The van der Waals surface area contributed by atoms with Crippen molar-refractivity contribution in [1.82, 2.24) is 24.9 Å². The molecule has 7 heteroatoms. The normalized spacial score (nSPS) is 10.8. The zero-order valence-corrected chi connectivity index (χ0v) is 14.1. The Balaban J connectivity index is 1.53. The van der Waals surface area contributed by atoms with Crippen molar-refractivity contribution in [2.75, 3.05) is 7.11 Å². The quantitative estimate of drug-likeness (QED) is 0.581. The van der Waals surface area contributed by atoms with Gasteiger partial charge in [-0.05, 0) is 35.4 Å². The van der Waals surface area contributed by atoms with E-state index in [4.69, 9.17) is 4.74 Å². The van der Waals surface area contributed by atoms with Crippen LogP contribution in [0.3, 0.4) is 0 Å². The van der Waals surface area contributed by atoms with Gasteiger partial charge in [0, 0.05) is 24.5 Å². The van der Waals surface area contributed by atoms with E-state index in [9.17, 15) is 4.79 Å². The second-order valence-electron chi connectivity index (χ2n) is 5.81. The molecule has 7 nitrogen and oxygen atoms in total. The molecule has 4 rings (SSSR count). The maximum atomic E-state index is 12.5. The van der Waals surface area contributed by atoms with Crippen LogP contribution in [0, 0.1) is 0 Å². The zero-order chi connectivity index (χ0) is 17.9. The molecule has 0 aliphatic carbocycles. The molecular weight excluding hydrogens is 330 g/mol. The molecule has 0 saturated carbocycles. The number of nitrogens with zero attached hydrogens (tertiary/aromatic N) is 3. The van der Waals surface area contributed by atoms with Gasteiger partial charge in [0.05, 0.1) is 19.5 Å². The average molecular weight is 347 g/mol. The summed E-state index contributed by atoms with van der Waals surface area (Å²) < 4.78 is 6.97. The van der Waals surface area contributed by atoms with Gasteiger partial charge >= 0.3 is 0 Å². The van der Waals surface area contributed by atoms with Crippen molar-refractivity contribution in [3.8, 4) is 16.9 Å². The molecule has 0 aliphatic heterocycles. The van der Waals surface area contributed by atoms with Gasteiger partial charge in [-0.3, -0.25) is 14.3 Å². The van der Waals surface area contributed by atoms with Crippen LogP contribution in [-0.4, -0.2) is 32.6 Å². The van der Waals surface area contributed by atoms with E-state index in [1.807, 2.05) is 48.8 Å². The van der Waals surface area contributed by atoms with Crippen molar-refractivity contribution >= 4 is 11.6 Å². The van der Waals surface area contributed by atoms with Gasteiger partial charge in [0.1, 0.15) is 17.1 Å². The molecule has 3 heterocycles. The van der Waals surface area contributed by atoms with E-state index in [-0.39, 0.29) is 5.91 Å². The first kappa shape index (κ1) is 15.9. The van der Waals surface area contributed by atoms with E-state index >= 15 is 0 Å². The van der Waals surface area contributed by atoms with Crippen LogP contribution >= 0.6 is 0 Å². The number of carbonyl (C=O) groups is 1. The minimum absolute atomic E-state index is 0.184. The van der Waals surface area contributed by atoms with Crippen LogP contribution in [-0.2, 0) is 6.54 Å². The number of aromatic amines is 1. The van der Waals surface area contributed by atoms with Crippen molar-refractivity contribution < 1.29 is 9.53 Å². The van der Waals surface area contributed by atoms with Crippen LogP contribution in [0.5, 0.6) is 5.75 Å². The van der Waals surface area contributed by atoms with Gasteiger partial charge in [-0.25, -0.2) is 4.98 Å². The van der Waals surface area contributed by atoms with Gasteiger partial charge in [0.15, 0.2) is 0 Å². The van der Waals surface area contributed by atoms with E-state index in [1.54, 1.807) is 23.9 Å². The number of methoxy groups -OCH3 is 1. The third-order valence-electron chi connectivity index (χ3n) is 4.16. The van der Waals surface area contributed by atoms with Crippen LogP contribution in [0.1, 0.15) is 16.1 Å². The number of amides is 1. The third kappa shape index (κ3) is 3.02. The molecule has 0 radical (unpaired) electrons. The molecule has 0 bridgehead atoms. The van der Waals surface area contributed by atoms with E-state index < -0.39 is 0 Å². The summed E-state index contributed by atoms with van der Waals surface area (Å²) in [5.74, 6) is 0.578. The number of imidazole rings is 1. The van der Waals surface area contributed by atoms with E-state index in [1.165, 1.54) is 0 Å². The first-order valence-electron chi connectivity index (χ1n) is 8.12. The zero-order valence-electron chi connectivity index (χ0n) is 14.1. The molecule has 0 saturated heterocycles. The van der Waals surface area contributed by atoms with Gasteiger partial charge in [0.25, 0.3) is 5.91 Å². The van der Waals surface area contributed by atoms with Gasteiger partial charge < -0.3 is 10.1 Å². The largest absolute Gasteiger partial charge is 0.497 e. The first-order valence-corrected chi connectivity index (χ1v) is 8.12. The van der Waals surface area contributed by atoms with Crippen molar-refractivity contribution in [2.24, 2.45) is 0 Å². The fraction of sp³-hybridized carbons (Fsp3) is 0.105. The minimum Gasteiger partial charge on any atom is -0.497 e. The van der Waals surface area contributed by atoms with E-state index in [0.29, 0.717) is 17.9 Å². The highest BCUT2D eigenvalue weighted by Gasteiger charge is 2.13. The maximum Gasteiger partial charge on any atom is 0.270 e. The van der Waals surface area contributed by atoms with Crippen LogP contribution in [0.15, 0.2) is 61.2 Å². The highest BCUT2D eigenvalue weighted by Crippen LogP contribution is 2.20. The summed E-state index contributed by atoms with van der Waals surface area (Å²) in [6, 6.07) is 11.4. The average Bonchev–Trinajstić information content (AvgIpc) is 3.35. The fourth-order valence-electron chi connectivity index (χ4n) is 2.79. The molecule has 1 amide bonds. The predicted molar refractivity (Wildman–Crippen MR) is 96.9 cm³/mol. The van der Waals surface area contributed by atoms with Crippen LogP contribution < -0.4 is 10.1 Å². The van der Waals surface area contributed by atoms with Crippen LogP contribution in [0.4, 0.5) is 0 Å². The van der Waals surface area contributed by atoms with E-state index in [0.717, 1.165) is 22.4 Å². The van der Waals surface area contributed by atoms with Crippen LogP contribution in [0.2, 0.25) is 0 Å². The second kappa shape index (κ2) is 6.72. The molecule has 1 aromatic carbocycles. The van der Waals surface area contributed by atoms with Gasteiger partial charge in [-0.15, -0.1) is 0 Å². The van der Waals surface area contributed by atoms with E-state index in [2.05, 4.69) is 20.5 Å². The van der Waals surface area contributed by atoms with Gasteiger partial charge in [-0.2, -0.15) is 5.10 Å². The number of benzene rings is 1. The molecule has 0 atom stereocenters. The SMILES string of the molecule is COc1cccc(CNC(=O)c2cnc3cc(-c4cn[nH]c4)ccn23)c1. The number of fused-ring (bicyclic) bond motifs is 1. The molecule has 0 unspecified atom stereocenters. The summed E-state index contributed by atoms with van der Waals surface area (Å²) in [4.78, 5) is 16.9. The Hall–Kier alpha value is -3.61. The first-order chi connectivity index (χ1) is 12.7. The Kier molecular flexibility index (Phi) is 4.10. The number of carbonyl (C=O) groups excluding carboxylic acids is 1. The molecule has 4 aromatic rings. The number of hydrogen-bond acceptors (Lipinski definition) is 4. The molecule has 130 valence electrons. The van der Waals surface area contributed by atoms with Crippen LogP contribution in [0.25, 0.3) is 16.8 Å². The lowest BCUT2D eigenvalue weighted by atomic mass is 10.1. The predicted octanol–water partition coefficient (Wildman–Crippen LogP) is 2.66. The smallest absolute Gasteiger partial charge is 0.270 e. The summed E-state index contributed by atoms with van der Waals surface area (Å²) in [6.07, 6.45) is 6.98. The molecule has 0 aliphatic rings. The van der Waals surface area contributed by atoms with Gasteiger partial charge in [-0.1, -0.05) is 12.1 Å². The Labute approximate surface area is 149 Å². The molecule has 3 aromatic heterocycles. The summed E-state index contributed by atoms with van der Waals surface area (Å²) in [5.41, 5.74) is 4.12. The number of hydrogen-bond donors (Lipinski definition) is 2. The summed E-state index contributed by atoms with van der Waals surface area (Å²) in [7, 11) is 1.62. The lowest BCUT2D eigenvalue weighted by molar-refractivity contribution is 0.0945. The highest BCUT2D eigenvalue weighted by atomic mass is 16.5. The van der Waals surface area contributed by atoms with Crippen molar-refractivity contribution in [1.29, 1.82) is 0 Å². The number of aromatic nitrogens is 4. The Morgan fingerprint density at radius 3 is 2.96 bits per heavy atom. The topological polar surface area (TPSA) is 84.3 Å². The number of pyridine rings is 1. The van der Waals surface area contributed by atoms with Crippen molar-refractivity contribution in [3.05, 3.63) is 72.4 Å². The summed E-state index contributed by atoms with van der Waals surface area (Å²) >= 11 is 0. The molecular formula is C19H17N5O2. The fourth-order valence-corrected chi connectivity index (χ4v) is 2.79.